The van der Waals surface area contributed by atoms with Crippen LogP contribution in [0.2, 0.25) is 0 Å². The van der Waals surface area contributed by atoms with Crippen LogP contribution in [-0.2, 0) is 4.79 Å². The number of rotatable bonds is 2. The number of fused-ring (bicyclic) bond motifs is 1. The maximum Gasteiger partial charge on any atom is 0.263 e. The van der Waals surface area contributed by atoms with Crippen molar-refractivity contribution in [2.75, 3.05) is 18.0 Å². The van der Waals surface area contributed by atoms with Gasteiger partial charge in [0.05, 0.1) is 10.4 Å². The van der Waals surface area contributed by atoms with E-state index >= 15 is 0 Å². The van der Waals surface area contributed by atoms with E-state index in [1.165, 1.54) is 36.6 Å². The number of aryl methyl sites for hydroxylation is 1. The third kappa shape index (κ3) is 3.41. The first-order chi connectivity index (χ1) is 12.1. The number of thiocarbonyl (C=S) groups is 1. The van der Waals surface area contributed by atoms with Gasteiger partial charge in [-0.1, -0.05) is 35.6 Å². The van der Waals surface area contributed by atoms with E-state index in [2.05, 4.69) is 41.4 Å². The highest BCUT2D eigenvalue weighted by Gasteiger charge is 2.24. The number of carbonyl (C=O) groups is 1. The van der Waals surface area contributed by atoms with Crippen molar-refractivity contribution in [1.29, 1.82) is 0 Å². The van der Waals surface area contributed by atoms with Gasteiger partial charge in [-0.3, -0.25) is 4.79 Å². The summed E-state index contributed by atoms with van der Waals surface area (Å²) < 4.78 is 0.514. The molecule has 2 saturated heterocycles. The van der Waals surface area contributed by atoms with E-state index in [1.807, 2.05) is 6.08 Å². The largest absolute Gasteiger partial charge is 0.356 e. The molecule has 0 bridgehead atoms. The van der Waals surface area contributed by atoms with Gasteiger partial charge in [0.15, 0.2) is 0 Å². The molecule has 0 atom stereocenters. The summed E-state index contributed by atoms with van der Waals surface area (Å²) in [5.41, 5.74) is 3.18. The molecule has 1 aromatic heterocycles. The number of pyridine rings is 1. The fraction of sp³-hybridized carbons (Fsp3) is 0.316. The Balaban J connectivity index is 1.85. The van der Waals surface area contributed by atoms with Gasteiger partial charge in [0.1, 0.15) is 10.1 Å². The molecule has 128 valence electrons. The number of thioether (sulfide) groups is 1. The van der Waals surface area contributed by atoms with Crippen LogP contribution in [0.25, 0.3) is 17.0 Å². The summed E-state index contributed by atoms with van der Waals surface area (Å²) >= 11 is 6.42. The number of carbonyl (C=O) groups excluding carboxylic acids is 1. The maximum absolute atomic E-state index is 12.1. The monoisotopic (exact) mass is 369 g/mol. The second-order valence-electron chi connectivity index (χ2n) is 6.50. The Labute approximate surface area is 156 Å². The summed E-state index contributed by atoms with van der Waals surface area (Å²) in [6, 6.07) is 8.44. The molecule has 0 spiro atoms. The SMILES string of the molecule is Cc1ccc2nc(N3CCCCC3)c(C=C3SC(=S)NC3=O)cc2c1. The third-order valence-corrected chi connectivity index (χ3v) is 5.73. The van der Waals surface area contributed by atoms with Crippen LogP contribution in [-0.4, -0.2) is 28.3 Å². The van der Waals surface area contributed by atoms with Crippen molar-refractivity contribution >= 4 is 57.0 Å². The predicted molar refractivity (Wildman–Crippen MR) is 109 cm³/mol. The van der Waals surface area contributed by atoms with E-state index in [4.69, 9.17) is 17.2 Å². The van der Waals surface area contributed by atoms with E-state index in [9.17, 15) is 4.79 Å². The minimum atomic E-state index is -0.121. The van der Waals surface area contributed by atoms with Gasteiger partial charge in [0.2, 0.25) is 0 Å². The molecule has 0 unspecified atom stereocenters. The zero-order valence-corrected chi connectivity index (χ0v) is 15.7. The van der Waals surface area contributed by atoms with Crippen molar-refractivity contribution in [2.45, 2.75) is 26.2 Å². The molecule has 6 heteroatoms. The maximum atomic E-state index is 12.1. The van der Waals surface area contributed by atoms with Gasteiger partial charge in [-0.05, 0) is 50.5 Å². The summed E-state index contributed by atoms with van der Waals surface area (Å²) in [5.74, 6) is 0.846. The van der Waals surface area contributed by atoms with Crippen molar-refractivity contribution < 1.29 is 4.79 Å². The van der Waals surface area contributed by atoms with Crippen molar-refractivity contribution in [3.63, 3.8) is 0 Å². The zero-order chi connectivity index (χ0) is 17.4. The average Bonchev–Trinajstić information content (AvgIpc) is 2.92. The summed E-state index contributed by atoms with van der Waals surface area (Å²) in [7, 11) is 0. The van der Waals surface area contributed by atoms with Gasteiger partial charge in [-0.25, -0.2) is 4.98 Å². The second-order valence-corrected chi connectivity index (χ2v) is 8.22. The van der Waals surface area contributed by atoms with Crippen molar-refractivity contribution in [1.82, 2.24) is 10.3 Å². The minimum absolute atomic E-state index is 0.121. The van der Waals surface area contributed by atoms with Crippen LogP contribution < -0.4 is 10.2 Å². The Morgan fingerprint density at radius 3 is 2.76 bits per heavy atom. The number of hydrogen-bond donors (Lipinski definition) is 1. The quantitative estimate of drug-likeness (QED) is 0.640. The number of piperidine rings is 1. The molecule has 2 aliphatic rings. The number of hydrogen-bond acceptors (Lipinski definition) is 5. The number of amides is 1. The van der Waals surface area contributed by atoms with E-state index < -0.39 is 0 Å². The normalized spacial score (nSPS) is 19.7. The lowest BCUT2D eigenvalue weighted by molar-refractivity contribution is -0.115. The summed E-state index contributed by atoms with van der Waals surface area (Å²) in [6.07, 6.45) is 5.57. The van der Waals surface area contributed by atoms with Crippen LogP contribution in [0.4, 0.5) is 5.82 Å². The van der Waals surface area contributed by atoms with E-state index in [0.717, 1.165) is 35.4 Å². The van der Waals surface area contributed by atoms with Crippen molar-refractivity contribution in [3.05, 3.63) is 40.3 Å². The molecule has 3 heterocycles. The highest BCUT2D eigenvalue weighted by atomic mass is 32.2. The molecule has 4 nitrogen and oxygen atoms in total. The smallest absolute Gasteiger partial charge is 0.263 e. The molecule has 1 amide bonds. The first-order valence-corrected chi connectivity index (χ1v) is 9.74. The molecule has 25 heavy (non-hydrogen) atoms. The molecule has 2 aromatic rings. The molecule has 2 fully saturated rings. The van der Waals surface area contributed by atoms with Crippen LogP contribution >= 0.6 is 24.0 Å². The molecule has 0 radical (unpaired) electrons. The van der Waals surface area contributed by atoms with Crippen LogP contribution in [0, 0.1) is 6.92 Å². The Morgan fingerprint density at radius 2 is 2.04 bits per heavy atom. The Morgan fingerprint density at radius 1 is 1.24 bits per heavy atom. The van der Waals surface area contributed by atoms with Crippen LogP contribution in [0.3, 0.4) is 0 Å². The molecule has 0 aliphatic carbocycles. The second kappa shape index (κ2) is 6.77. The molecule has 1 aromatic carbocycles. The first kappa shape index (κ1) is 16.5. The Bertz CT molecular complexity index is 901. The van der Waals surface area contributed by atoms with Crippen LogP contribution in [0.5, 0.6) is 0 Å². The number of anilines is 1. The fourth-order valence-electron chi connectivity index (χ4n) is 3.33. The molecule has 1 N–H and O–H groups in total. The molecule has 2 aliphatic heterocycles. The molecular weight excluding hydrogens is 350 g/mol. The van der Waals surface area contributed by atoms with Crippen LogP contribution in [0.1, 0.15) is 30.4 Å². The lowest BCUT2D eigenvalue weighted by Crippen LogP contribution is -2.30. The lowest BCUT2D eigenvalue weighted by atomic mass is 10.1. The number of aromatic nitrogens is 1. The van der Waals surface area contributed by atoms with E-state index in [-0.39, 0.29) is 5.91 Å². The van der Waals surface area contributed by atoms with Gasteiger partial charge in [-0.2, -0.15) is 0 Å². The first-order valence-electron chi connectivity index (χ1n) is 8.51. The topological polar surface area (TPSA) is 45.2 Å². The standard InChI is InChI=1S/C19H19N3OS2/c1-12-5-6-15-13(9-12)10-14(11-16-18(23)21-19(24)25-16)17(20-15)22-7-3-2-4-8-22/h5-6,9-11H,2-4,7-8H2,1H3,(H,21,23,24). The Kier molecular flexibility index (Phi) is 4.48. The predicted octanol–water partition coefficient (Wildman–Crippen LogP) is 4.02. The highest BCUT2D eigenvalue weighted by molar-refractivity contribution is 8.26. The van der Waals surface area contributed by atoms with Crippen LogP contribution in [0.15, 0.2) is 29.2 Å². The summed E-state index contributed by atoms with van der Waals surface area (Å²) in [4.78, 5) is 20.0. The van der Waals surface area contributed by atoms with E-state index in [1.54, 1.807) is 0 Å². The zero-order valence-electron chi connectivity index (χ0n) is 14.0. The van der Waals surface area contributed by atoms with Gasteiger partial charge >= 0.3 is 0 Å². The summed E-state index contributed by atoms with van der Waals surface area (Å²) in [5, 5.41) is 3.78. The third-order valence-electron chi connectivity index (χ3n) is 4.56. The van der Waals surface area contributed by atoms with Crippen molar-refractivity contribution in [3.8, 4) is 0 Å². The van der Waals surface area contributed by atoms with E-state index in [0.29, 0.717) is 9.23 Å². The lowest BCUT2D eigenvalue weighted by Gasteiger charge is -2.29. The number of benzene rings is 1. The van der Waals surface area contributed by atoms with Gasteiger partial charge < -0.3 is 10.2 Å². The minimum Gasteiger partial charge on any atom is -0.356 e. The Hall–Kier alpha value is -1.92. The molecule has 4 rings (SSSR count). The number of nitrogens with zero attached hydrogens (tertiary/aromatic N) is 2. The fourth-order valence-corrected chi connectivity index (χ4v) is 4.36. The van der Waals surface area contributed by atoms with Gasteiger partial charge in [-0.15, -0.1) is 0 Å². The summed E-state index contributed by atoms with van der Waals surface area (Å²) in [6.45, 7) is 4.10. The average molecular weight is 370 g/mol. The highest BCUT2D eigenvalue weighted by Crippen LogP contribution is 2.32. The number of nitrogens with one attached hydrogen (secondary N) is 1. The molecular formula is C19H19N3OS2. The van der Waals surface area contributed by atoms with Gasteiger partial charge in [0.25, 0.3) is 5.91 Å². The van der Waals surface area contributed by atoms with Crippen molar-refractivity contribution in [2.24, 2.45) is 0 Å². The molecule has 0 saturated carbocycles. The van der Waals surface area contributed by atoms with Gasteiger partial charge in [0, 0.05) is 24.0 Å².